The number of alkyl halides is 3. The molecule has 0 unspecified atom stereocenters. The molecule has 0 heterocycles. The average Bonchev–Trinajstić information content (AvgIpc) is 2.73. The van der Waals surface area contributed by atoms with Gasteiger partial charge in [0.2, 0.25) is 0 Å². The molecule has 0 radical (unpaired) electrons. The molecule has 4 aromatic carbocycles. The van der Waals surface area contributed by atoms with Gasteiger partial charge in [0.15, 0.2) is 0 Å². The molecule has 0 bridgehead atoms. The summed E-state index contributed by atoms with van der Waals surface area (Å²) in [5.74, 6) is -2.00. The summed E-state index contributed by atoms with van der Waals surface area (Å²) in [5, 5.41) is 2.98. The Morgan fingerprint density at radius 2 is 1.48 bits per heavy atom. The van der Waals surface area contributed by atoms with E-state index in [0.29, 0.717) is 16.8 Å². The third-order valence-electron chi connectivity index (χ3n) is 5.67. The first-order chi connectivity index (χ1) is 14.8. The Morgan fingerprint density at radius 3 is 2.19 bits per heavy atom. The van der Waals surface area contributed by atoms with E-state index in [0.717, 1.165) is 42.2 Å². The minimum atomic E-state index is -4.79. The molecule has 0 fully saturated rings. The summed E-state index contributed by atoms with van der Waals surface area (Å²) >= 11 is 0. The van der Waals surface area contributed by atoms with Crippen LogP contribution in [0.3, 0.4) is 0 Å². The molecule has 0 amide bonds. The maximum atomic E-state index is 15.3. The van der Waals surface area contributed by atoms with Crippen molar-refractivity contribution >= 4 is 21.5 Å². The van der Waals surface area contributed by atoms with Crippen molar-refractivity contribution in [3.63, 3.8) is 0 Å². The molecule has 0 aliphatic rings. The molecule has 4 rings (SSSR count). The lowest BCUT2D eigenvalue weighted by Crippen LogP contribution is -2.07. The first kappa shape index (κ1) is 21.3. The molecule has 4 aromatic rings. The van der Waals surface area contributed by atoms with E-state index in [2.05, 4.69) is 19.1 Å². The average molecular weight is 428 g/mol. The van der Waals surface area contributed by atoms with E-state index >= 15 is 4.39 Å². The zero-order valence-electron chi connectivity index (χ0n) is 17.0. The maximum Gasteiger partial charge on any atom is 0.419 e. The zero-order valence-corrected chi connectivity index (χ0v) is 17.0. The summed E-state index contributed by atoms with van der Waals surface area (Å²) < 4.78 is 67.7. The van der Waals surface area contributed by atoms with E-state index in [1.54, 1.807) is 12.1 Å². The van der Waals surface area contributed by atoms with Gasteiger partial charge in [-0.2, -0.15) is 13.2 Å². The molecular formula is C26H21F5. The number of rotatable bonds is 5. The standard InChI is InChI=1S/C26H21F5/c1-2-3-4-5-16-6-9-19-17(14-16)7-10-22-21(19)12-11-20(25(22)28)18-8-13-23(24(27)15-18)26(29,30)31/h6-15H,2-5H2,1H3. The quantitative estimate of drug-likeness (QED) is 0.169. The molecule has 0 N–H and O–H groups in total. The smallest absolute Gasteiger partial charge is 0.206 e. The van der Waals surface area contributed by atoms with Gasteiger partial charge in [-0.3, -0.25) is 0 Å². The maximum absolute atomic E-state index is 15.3. The zero-order chi connectivity index (χ0) is 22.2. The lowest BCUT2D eigenvalue weighted by Gasteiger charge is -2.12. The summed E-state index contributed by atoms with van der Waals surface area (Å²) in [6.45, 7) is 2.16. The van der Waals surface area contributed by atoms with Gasteiger partial charge in [-0.1, -0.05) is 68.3 Å². The highest BCUT2D eigenvalue weighted by Gasteiger charge is 2.34. The highest BCUT2D eigenvalue weighted by Crippen LogP contribution is 2.36. The lowest BCUT2D eigenvalue weighted by atomic mass is 9.94. The third kappa shape index (κ3) is 4.14. The minimum Gasteiger partial charge on any atom is -0.206 e. The van der Waals surface area contributed by atoms with Crippen molar-refractivity contribution in [3.05, 3.63) is 83.4 Å². The lowest BCUT2D eigenvalue weighted by molar-refractivity contribution is -0.139. The summed E-state index contributed by atoms with van der Waals surface area (Å²) in [6.07, 6.45) is -0.346. The van der Waals surface area contributed by atoms with E-state index in [1.165, 1.54) is 18.1 Å². The molecule has 0 spiro atoms. The molecule has 160 valence electrons. The van der Waals surface area contributed by atoms with E-state index in [-0.39, 0.29) is 11.1 Å². The van der Waals surface area contributed by atoms with Gasteiger partial charge < -0.3 is 0 Å². The summed E-state index contributed by atoms with van der Waals surface area (Å²) in [5.41, 5.74) is 0.00253. The molecule has 0 nitrogen and oxygen atoms in total. The first-order valence-corrected chi connectivity index (χ1v) is 10.3. The second-order valence-electron chi connectivity index (χ2n) is 7.79. The van der Waals surface area contributed by atoms with Crippen LogP contribution in [-0.4, -0.2) is 0 Å². The molecular weight excluding hydrogens is 407 g/mol. The fourth-order valence-electron chi connectivity index (χ4n) is 4.03. The second kappa shape index (κ2) is 8.29. The van der Waals surface area contributed by atoms with Gasteiger partial charge in [0, 0.05) is 10.9 Å². The largest absolute Gasteiger partial charge is 0.419 e. The Hall–Kier alpha value is -2.95. The third-order valence-corrected chi connectivity index (χ3v) is 5.67. The Bertz CT molecular complexity index is 1250. The van der Waals surface area contributed by atoms with Crippen LogP contribution in [0.1, 0.15) is 37.3 Å². The molecule has 0 aromatic heterocycles. The van der Waals surface area contributed by atoms with E-state index in [1.807, 2.05) is 12.1 Å². The van der Waals surface area contributed by atoms with E-state index in [9.17, 15) is 17.6 Å². The molecule has 0 aliphatic carbocycles. The van der Waals surface area contributed by atoms with Gasteiger partial charge >= 0.3 is 6.18 Å². The Morgan fingerprint density at radius 1 is 0.742 bits per heavy atom. The Labute approximate surface area is 177 Å². The van der Waals surface area contributed by atoms with Crippen molar-refractivity contribution in [1.82, 2.24) is 0 Å². The molecule has 31 heavy (non-hydrogen) atoms. The van der Waals surface area contributed by atoms with Gasteiger partial charge in [-0.15, -0.1) is 0 Å². The van der Waals surface area contributed by atoms with Crippen LogP contribution < -0.4 is 0 Å². The van der Waals surface area contributed by atoms with E-state index < -0.39 is 23.4 Å². The van der Waals surface area contributed by atoms with Gasteiger partial charge in [-0.25, -0.2) is 8.78 Å². The van der Waals surface area contributed by atoms with Crippen molar-refractivity contribution < 1.29 is 22.0 Å². The number of unbranched alkanes of at least 4 members (excludes halogenated alkanes) is 2. The molecule has 0 saturated carbocycles. The van der Waals surface area contributed by atoms with Crippen molar-refractivity contribution in [2.75, 3.05) is 0 Å². The van der Waals surface area contributed by atoms with Crippen molar-refractivity contribution in [1.29, 1.82) is 0 Å². The summed E-state index contributed by atoms with van der Waals surface area (Å²) in [7, 11) is 0. The highest BCUT2D eigenvalue weighted by molar-refractivity contribution is 6.08. The van der Waals surface area contributed by atoms with Crippen LogP contribution in [0.4, 0.5) is 22.0 Å². The van der Waals surface area contributed by atoms with Crippen LogP contribution in [-0.2, 0) is 12.6 Å². The first-order valence-electron chi connectivity index (χ1n) is 10.3. The summed E-state index contributed by atoms with van der Waals surface area (Å²) in [4.78, 5) is 0. The predicted molar refractivity (Wildman–Crippen MR) is 115 cm³/mol. The number of fused-ring (bicyclic) bond motifs is 3. The molecule has 5 heteroatoms. The van der Waals surface area contributed by atoms with Gasteiger partial charge in [-0.05, 0) is 52.3 Å². The fraction of sp³-hybridized carbons (Fsp3) is 0.231. The number of hydrogen-bond donors (Lipinski definition) is 0. The van der Waals surface area contributed by atoms with Crippen LogP contribution in [0.5, 0.6) is 0 Å². The second-order valence-corrected chi connectivity index (χ2v) is 7.79. The SMILES string of the molecule is CCCCCc1ccc2c(ccc3c(F)c(-c4ccc(C(F)(F)F)c(F)c4)ccc32)c1. The number of benzene rings is 4. The number of halogens is 5. The van der Waals surface area contributed by atoms with Crippen LogP contribution in [0, 0.1) is 11.6 Å². The van der Waals surface area contributed by atoms with Gasteiger partial charge in [0.05, 0.1) is 5.56 Å². The topological polar surface area (TPSA) is 0 Å². The fourth-order valence-corrected chi connectivity index (χ4v) is 4.03. The van der Waals surface area contributed by atoms with Crippen molar-refractivity contribution in [3.8, 4) is 11.1 Å². The van der Waals surface area contributed by atoms with Gasteiger partial charge in [0.25, 0.3) is 0 Å². The number of hydrogen-bond acceptors (Lipinski definition) is 0. The van der Waals surface area contributed by atoms with Crippen molar-refractivity contribution in [2.24, 2.45) is 0 Å². The van der Waals surface area contributed by atoms with E-state index in [4.69, 9.17) is 0 Å². The van der Waals surface area contributed by atoms with Gasteiger partial charge in [0.1, 0.15) is 11.6 Å². The molecule has 0 atom stereocenters. The molecule has 0 saturated heterocycles. The Kier molecular flexibility index (Phi) is 5.69. The van der Waals surface area contributed by atoms with Crippen LogP contribution in [0.15, 0.2) is 60.7 Å². The van der Waals surface area contributed by atoms with Crippen molar-refractivity contribution in [2.45, 2.75) is 38.8 Å². The monoisotopic (exact) mass is 428 g/mol. The minimum absolute atomic E-state index is 0.0654. The normalized spacial score (nSPS) is 12.1. The highest BCUT2D eigenvalue weighted by atomic mass is 19.4. The molecule has 0 aliphatic heterocycles. The van der Waals surface area contributed by atoms with Crippen LogP contribution in [0.25, 0.3) is 32.7 Å². The Balaban J connectivity index is 1.76. The predicted octanol–water partition coefficient (Wildman–Crippen LogP) is 8.69. The van der Waals surface area contributed by atoms with Crippen LogP contribution in [0.2, 0.25) is 0 Å². The van der Waals surface area contributed by atoms with Crippen LogP contribution >= 0.6 is 0 Å². The summed E-state index contributed by atoms with van der Waals surface area (Å²) in [6, 6.07) is 15.4. The number of aryl methyl sites for hydroxylation is 1.